The minimum Gasteiger partial charge on any atom is -0.481 e. The third-order valence-electron chi connectivity index (χ3n) is 9.71. The van der Waals surface area contributed by atoms with Crippen molar-refractivity contribution in [1.29, 1.82) is 0 Å². The fourth-order valence-corrected chi connectivity index (χ4v) is 6.31. The summed E-state index contributed by atoms with van der Waals surface area (Å²) in [6.07, 6.45) is 2.97. The molecule has 1 aromatic carbocycles. The van der Waals surface area contributed by atoms with Gasteiger partial charge >= 0.3 is 5.97 Å². The highest BCUT2D eigenvalue weighted by Crippen LogP contribution is 2.14. The number of hydrogen-bond donors (Lipinski definition) is 11. The summed E-state index contributed by atoms with van der Waals surface area (Å²) in [6.45, 7) is 11.6. The maximum absolute atomic E-state index is 14.1. The predicted octanol–water partition coefficient (Wildman–Crippen LogP) is -0.370. The summed E-state index contributed by atoms with van der Waals surface area (Å²) < 4.78 is 0. The van der Waals surface area contributed by atoms with Crippen molar-refractivity contribution in [2.75, 3.05) is 13.1 Å². The Hall–Kier alpha value is -4.85. The van der Waals surface area contributed by atoms with E-state index >= 15 is 0 Å². The van der Waals surface area contributed by atoms with E-state index in [9.17, 15) is 33.9 Å². The average Bonchev–Trinajstić information content (AvgIpc) is 4.02. The molecule has 1 heterocycles. The lowest BCUT2D eigenvalue weighted by Crippen LogP contribution is -2.59. The molecule has 1 aliphatic rings. The number of rotatable bonds is 29. The Balaban J connectivity index is 2.22. The first-order valence-corrected chi connectivity index (χ1v) is 20.6. The van der Waals surface area contributed by atoms with Crippen LogP contribution in [-0.2, 0) is 40.0 Å². The number of guanidine groups is 1. The highest BCUT2D eigenvalue weighted by Gasteiger charge is 2.35. The van der Waals surface area contributed by atoms with Gasteiger partial charge in [-0.25, -0.2) is 0 Å². The number of carbonyl (C=O) groups is 6. The first-order chi connectivity index (χ1) is 27.9. The van der Waals surface area contributed by atoms with E-state index in [1.807, 2.05) is 51.1 Å². The van der Waals surface area contributed by atoms with Crippen molar-refractivity contribution >= 4 is 41.5 Å². The predicted molar refractivity (Wildman–Crippen MR) is 224 cm³/mol. The molecule has 0 bridgehead atoms. The van der Waals surface area contributed by atoms with Crippen LogP contribution in [-0.4, -0.2) is 108 Å². The topological polar surface area (TPSA) is 320 Å². The molecular formula is C40H69N11O8. The Kier molecular flexibility index (Phi) is 22.4. The number of carboxylic acid groups (broad SMARTS) is 1. The monoisotopic (exact) mass is 832 g/mol. The number of aliphatic carboxylic acids is 1. The molecule has 1 aromatic rings. The van der Waals surface area contributed by atoms with Crippen molar-refractivity contribution < 1.29 is 38.7 Å². The fourth-order valence-electron chi connectivity index (χ4n) is 6.31. The van der Waals surface area contributed by atoms with E-state index in [0.29, 0.717) is 32.2 Å². The third kappa shape index (κ3) is 20.1. The van der Waals surface area contributed by atoms with Crippen LogP contribution in [0.25, 0.3) is 0 Å². The lowest BCUT2D eigenvalue weighted by Gasteiger charge is -2.29. The Morgan fingerprint density at radius 2 is 1.47 bits per heavy atom. The summed E-state index contributed by atoms with van der Waals surface area (Å²) >= 11 is 0. The Labute approximate surface area is 347 Å². The van der Waals surface area contributed by atoms with Crippen molar-refractivity contribution in [3.05, 3.63) is 35.9 Å². The van der Waals surface area contributed by atoms with Gasteiger partial charge in [0.2, 0.25) is 29.5 Å². The van der Waals surface area contributed by atoms with Gasteiger partial charge < -0.3 is 54.2 Å². The Morgan fingerprint density at radius 3 is 2.05 bits per heavy atom. The second-order valence-electron chi connectivity index (χ2n) is 15.9. The first-order valence-electron chi connectivity index (χ1n) is 20.6. The van der Waals surface area contributed by atoms with E-state index in [0.717, 1.165) is 18.4 Å². The van der Waals surface area contributed by atoms with Gasteiger partial charge in [0.15, 0.2) is 12.2 Å². The van der Waals surface area contributed by atoms with Crippen LogP contribution in [0.2, 0.25) is 0 Å². The lowest BCUT2D eigenvalue weighted by molar-refractivity contribution is -0.138. The first kappa shape index (κ1) is 50.3. The highest BCUT2D eigenvalue weighted by molar-refractivity contribution is 5.93. The number of unbranched alkanes of at least 4 members (excludes halogenated alkanes) is 1. The average molecular weight is 832 g/mol. The molecule has 1 saturated heterocycles. The number of nitrogens with one attached hydrogen (secondary N) is 7. The van der Waals surface area contributed by atoms with E-state index < -0.39 is 78.2 Å². The molecule has 59 heavy (non-hydrogen) atoms. The molecule has 0 unspecified atom stereocenters. The normalized spacial score (nSPS) is 17.0. The van der Waals surface area contributed by atoms with E-state index in [-0.39, 0.29) is 49.5 Å². The molecule has 19 nitrogen and oxygen atoms in total. The molecule has 5 amide bonds. The zero-order chi connectivity index (χ0) is 44.1. The SMILES string of the molecule is CCCC[C@H](NC(=O)[C@H](C)NC(=O)[C@H](CCC(=O)O)NC(=O)[C@H](Cc1ccccc1)NC[C@H](CC(C)C)NC(=O)[C@@H](NC(=O)[C@@H](N)CCCN=C(N)N)C(C)C)[C@H]1NO1. The van der Waals surface area contributed by atoms with Crippen molar-refractivity contribution in [2.45, 2.75) is 148 Å². The summed E-state index contributed by atoms with van der Waals surface area (Å²) in [5, 5.41) is 26.8. The number of nitrogens with two attached hydrogens (primary N) is 3. The van der Waals surface area contributed by atoms with E-state index in [1.165, 1.54) is 6.92 Å². The van der Waals surface area contributed by atoms with Crippen molar-refractivity contribution in [1.82, 2.24) is 37.4 Å². The van der Waals surface area contributed by atoms with Crippen molar-refractivity contribution in [2.24, 2.45) is 34.0 Å². The second kappa shape index (κ2) is 26.3. The molecule has 1 fully saturated rings. The molecule has 0 saturated carbocycles. The van der Waals surface area contributed by atoms with Crippen LogP contribution >= 0.6 is 0 Å². The molecule has 0 spiro atoms. The summed E-state index contributed by atoms with van der Waals surface area (Å²) in [7, 11) is 0. The van der Waals surface area contributed by atoms with Crippen LogP contribution in [0.5, 0.6) is 0 Å². The Bertz CT molecular complexity index is 1520. The molecule has 8 atom stereocenters. The maximum atomic E-state index is 14.1. The van der Waals surface area contributed by atoms with E-state index in [2.05, 4.69) is 42.4 Å². The third-order valence-corrected chi connectivity index (χ3v) is 9.71. The molecule has 2 rings (SSSR count). The van der Waals surface area contributed by atoms with Crippen LogP contribution in [0.3, 0.4) is 0 Å². The van der Waals surface area contributed by atoms with E-state index in [1.54, 1.807) is 13.8 Å². The number of carboxylic acids is 1. The van der Waals surface area contributed by atoms with Crippen molar-refractivity contribution in [3.63, 3.8) is 0 Å². The summed E-state index contributed by atoms with van der Waals surface area (Å²) in [5.41, 5.74) is 20.4. The molecule has 14 N–H and O–H groups in total. The van der Waals surface area contributed by atoms with Crippen LogP contribution in [0.4, 0.5) is 0 Å². The van der Waals surface area contributed by atoms with Gasteiger partial charge in [0, 0.05) is 25.6 Å². The standard InChI is InChI=1S/C40H69N11O8/c1-7-8-16-30(39-51-59-39)49-34(54)25(6)46-36(56)29(17-18-32(52)53)48-37(57)31(21-26-13-10-9-11-14-26)45-22-27(20-23(2)3)47-38(58)33(24(4)5)50-35(55)28(41)15-12-19-44-40(42)43/h9-11,13-14,23-25,27-31,33,39,45,51H,7-8,12,15-22,41H2,1-6H3,(H,46,56)(H,47,58)(H,48,57)(H,49,54)(H,50,55)(H,52,53)(H4,42,43,44)/t25-,27-,28-,29-,30-,31-,33-,39-/m0/s1. The minimum atomic E-state index is -1.28. The number of carbonyl (C=O) groups excluding carboxylic acids is 5. The van der Waals surface area contributed by atoms with Gasteiger partial charge in [-0.15, -0.1) is 0 Å². The number of benzene rings is 1. The molecule has 332 valence electrons. The van der Waals surface area contributed by atoms with Gasteiger partial charge in [-0.2, -0.15) is 5.48 Å². The number of hydroxylamine groups is 1. The minimum absolute atomic E-state index is 0.0542. The van der Waals surface area contributed by atoms with Gasteiger partial charge in [-0.05, 0) is 62.8 Å². The zero-order valence-corrected chi connectivity index (χ0v) is 35.4. The smallest absolute Gasteiger partial charge is 0.303 e. The summed E-state index contributed by atoms with van der Waals surface area (Å²) in [5.74, 6) is -4.02. The largest absolute Gasteiger partial charge is 0.481 e. The highest BCUT2D eigenvalue weighted by atomic mass is 16.8. The van der Waals surface area contributed by atoms with Crippen molar-refractivity contribution in [3.8, 4) is 0 Å². The summed E-state index contributed by atoms with van der Waals surface area (Å²) in [4.78, 5) is 88.0. The molecule has 0 radical (unpaired) electrons. The van der Waals surface area contributed by atoms with Crippen LogP contribution in [0.1, 0.15) is 98.5 Å². The van der Waals surface area contributed by atoms with E-state index in [4.69, 9.17) is 22.0 Å². The molecule has 1 aliphatic heterocycles. The maximum Gasteiger partial charge on any atom is 0.303 e. The number of nitrogens with zero attached hydrogens (tertiary/aromatic N) is 1. The fraction of sp³-hybridized carbons (Fsp3) is 0.675. The van der Waals surface area contributed by atoms with Gasteiger partial charge in [0.05, 0.1) is 18.1 Å². The van der Waals surface area contributed by atoms with Crippen LogP contribution in [0, 0.1) is 11.8 Å². The van der Waals surface area contributed by atoms with Gasteiger partial charge in [0.1, 0.15) is 18.1 Å². The molecule has 19 heteroatoms. The van der Waals surface area contributed by atoms with Gasteiger partial charge in [-0.1, -0.05) is 77.8 Å². The second-order valence-corrected chi connectivity index (χ2v) is 15.9. The molecular weight excluding hydrogens is 763 g/mol. The lowest BCUT2D eigenvalue weighted by atomic mass is 9.99. The number of hydrogen-bond acceptors (Lipinski definition) is 11. The zero-order valence-electron chi connectivity index (χ0n) is 35.4. The summed E-state index contributed by atoms with van der Waals surface area (Å²) in [6, 6.07) is 3.43. The Morgan fingerprint density at radius 1 is 0.814 bits per heavy atom. The molecule has 0 aromatic heterocycles. The quantitative estimate of drug-likeness (QED) is 0.0213. The van der Waals surface area contributed by atoms with Crippen LogP contribution in [0.15, 0.2) is 35.3 Å². The van der Waals surface area contributed by atoms with Gasteiger partial charge in [0.25, 0.3) is 0 Å². The van der Waals surface area contributed by atoms with Crippen LogP contribution < -0.4 is 54.6 Å². The number of aliphatic imine (C=N–C) groups is 1. The van der Waals surface area contributed by atoms with Gasteiger partial charge in [-0.3, -0.25) is 38.6 Å². The molecule has 0 aliphatic carbocycles. The number of amides is 5.